The van der Waals surface area contributed by atoms with Gasteiger partial charge < -0.3 is 19.9 Å². The number of benzene rings is 1. The van der Waals surface area contributed by atoms with E-state index >= 15 is 0 Å². The number of carbonyl (C=O) groups is 1. The van der Waals surface area contributed by atoms with E-state index in [-0.39, 0.29) is 17.6 Å². The first kappa shape index (κ1) is 22.9. The summed E-state index contributed by atoms with van der Waals surface area (Å²) >= 11 is 1.39. The van der Waals surface area contributed by atoms with Gasteiger partial charge in [0.05, 0.1) is 11.5 Å². The maximum atomic E-state index is 12.2. The van der Waals surface area contributed by atoms with Crippen molar-refractivity contribution in [1.29, 1.82) is 0 Å². The smallest absolute Gasteiger partial charge is 0.261 e. The van der Waals surface area contributed by atoms with Crippen molar-refractivity contribution in [3.8, 4) is 5.75 Å². The van der Waals surface area contributed by atoms with Crippen molar-refractivity contribution in [2.24, 2.45) is 0 Å². The molecular formula is C24H33NO4S. The van der Waals surface area contributed by atoms with Crippen LogP contribution >= 0.6 is 11.8 Å². The summed E-state index contributed by atoms with van der Waals surface area (Å²) in [5.74, 6) is 0.176. The molecule has 0 bridgehead atoms. The van der Waals surface area contributed by atoms with E-state index in [1.165, 1.54) is 11.8 Å². The molecule has 1 saturated heterocycles. The van der Waals surface area contributed by atoms with Gasteiger partial charge >= 0.3 is 0 Å². The predicted octanol–water partition coefficient (Wildman–Crippen LogP) is 5.19. The summed E-state index contributed by atoms with van der Waals surface area (Å²) in [4.78, 5) is 12.8. The lowest BCUT2D eigenvalue weighted by atomic mass is 9.77. The predicted molar refractivity (Wildman–Crippen MR) is 122 cm³/mol. The van der Waals surface area contributed by atoms with Crippen LogP contribution < -0.4 is 5.32 Å². The van der Waals surface area contributed by atoms with Crippen molar-refractivity contribution in [3.63, 3.8) is 0 Å². The summed E-state index contributed by atoms with van der Waals surface area (Å²) in [5, 5.41) is 15.7. The third-order valence-electron chi connectivity index (χ3n) is 5.44. The molecule has 30 heavy (non-hydrogen) atoms. The minimum atomic E-state index is -0.429. The number of hydrogen-bond acceptors (Lipinski definition) is 5. The number of phenols is 1. The molecule has 6 heteroatoms. The number of amides is 1. The fourth-order valence-corrected chi connectivity index (χ4v) is 4.29. The Kier molecular flexibility index (Phi) is 7.00. The summed E-state index contributed by atoms with van der Waals surface area (Å²) in [6.45, 7) is 11.5. The molecule has 2 heterocycles. The van der Waals surface area contributed by atoms with Crippen LogP contribution in [-0.2, 0) is 25.1 Å². The normalized spacial score (nSPS) is 21.7. The molecule has 0 saturated carbocycles. The molecule has 1 aromatic rings. The van der Waals surface area contributed by atoms with Gasteiger partial charge in [0, 0.05) is 29.3 Å². The van der Waals surface area contributed by atoms with E-state index in [0.29, 0.717) is 17.3 Å². The van der Waals surface area contributed by atoms with Crippen molar-refractivity contribution in [2.75, 3.05) is 13.2 Å². The van der Waals surface area contributed by atoms with Crippen LogP contribution in [0, 0.1) is 0 Å². The second-order valence-corrected chi connectivity index (χ2v) is 10.6. The van der Waals surface area contributed by atoms with Crippen LogP contribution in [0.5, 0.6) is 5.75 Å². The van der Waals surface area contributed by atoms with Crippen molar-refractivity contribution in [2.45, 2.75) is 71.0 Å². The summed E-state index contributed by atoms with van der Waals surface area (Å²) in [7, 11) is 0. The highest BCUT2D eigenvalue weighted by Gasteiger charge is 2.31. The minimum Gasteiger partial charge on any atom is -0.507 e. The average Bonchev–Trinajstić information content (AvgIpc) is 2.69. The zero-order valence-corrected chi connectivity index (χ0v) is 19.4. The quantitative estimate of drug-likeness (QED) is 0.628. The van der Waals surface area contributed by atoms with E-state index < -0.39 is 5.41 Å². The Hall–Kier alpha value is -1.76. The highest BCUT2D eigenvalue weighted by atomic mass is 32.2. The molecule has 2 N–H and O–H groups in total. The summed E-state index contributed by atoms with van der Waals surface area (Å²) in [6.07, 6.45) is 6.44. The van der Waals surface area contributed by atoms with Crippen LogP contribution in [-0.4, -0.2) is 30.5 Å². The number of phenolic OH excluding ortho intramolecular Hbond substituents is 1. The molecule has 0 aromatic heterocycles. The van der Waals surface area contributed by atoms with Gasteiger partial charge in [-0.1, -0.05) is 46.4 Å². The molecule has 2 aliphatic heterocycles. The van der Waals surface area contributed by atoms with Gasteiger partial charge in [-0.25, -0.2) is 0 Å². The molecule has 0 spiro atoms. The van der Waals surface area contributed by atoms with E-state index in [0.717, 1.165) is 42.6 Å². The molecule has 2 aliphatic rings. The Labute approximate surface area is 183 Å². The molecule has 5 nitrogen and oxygen atoms in total. The molecule has 0 aliphatic carbocycles. The maximum Gasteiger partial charge on any atom is 0.261 e. The number of aromatic hydroxyl groups is 1. The lowest BCUT2D eigenvalue weighted by Crippen LogP contribution is -2.31. The van der Waals surface area contributed by atoms with Gasteiger partial charge in [0.15, 0.2) is 6.29 Å². The first-order chi connectivity index (χ1) is 14.1. The van der Waals surface area contributed by atoms with E-state index in [1.807, 2.05) is 23.6 Å². The molecule has 1 aromatic carbocycles. The van der Waals surface area contributed by atoms with Gasteiger partial charge in [-0.3, -0.25) is 4.79 Å². The standard InChI is InChI=1S/C24H33NO4S/c1-23(2,3)17-12-16(14-19-22(27)25-9-11-30-19)13-18(21(17)26)24(4,5)15-29-20-8-6-7-10-28-20/h9,11-14,20,26H,6-8,10,15H2,1-5H3,(H,25,27). The first-order valence-electron chi connectivity index (χ1n) is 10.5. The van der Waals surface area contributed by atoms with Gasteiger partial charge in [-0.2, -0.15) is 0 Å². The van der Waals surface area contributed by atoms with Gasteiger partial charge in [0.1, 0.15) is 5.75 Å². The minimum absolute atomic E-state index is 0.119. The third kappa shape index (κ3) is 5.48. The highest BCUT2D eigenvalue weighted by molar-refractivity contribution is 8.06. The molecule has 0 radical (unpaired) electrons. The van der Waals surface area contributed by atoms with Crippen LogP contribution in [0.4, 0.5) is 0 Å². The van der Waals surface area contributed by atoms with Crippen LogP contribution in [0.15, 0.2) is 28.6 Å². The Balaban J connectivity index is 1.96. The van der Waals surface area contributed by atoms with Gasteiger partial charge in [0.2, 0.25) is 0 Å². The lowest BCUT2D eigenvalue weighted by Gasteiger charge is -2.32. The van der Waals surface area contributed by atoms with E-state index in [2.05, 4.69) is 39.9 Å². The molecule has 1 fully saturated rings. The van der Waals surface area contributed by atoms with E-state index in [9.17, 15) is 9.90 Å². The first-order valence-corrected chi connectivity index (χ1v) is 11.4. The number of rotatable bonds is 5. The monoisotopic (exact) mass is 431 g/mol. The summed E-state index contributed by atoms with van der Waals surface area (Å²) < 4.78 is 11.8. The average molecular weight is 432 g/mol. The van der Waals surface area contributed by atoms with Crippen LogP contribution in [0.1, 0.15) is 70.6 Å². The Morgan fingerprint density at radius 2 is 1.97 bits per heavy atom. The SMILES string of the molecule is CC(C)(C)c1cc(C=C2SC=CNC2=O)cc(C(C)(C)COC2CCCCO2)c1O. The zero-order chi connectivity index (χ0) is 21.9. The Morgan fingerprint density at radius 3 is 2.60 bits per heavy atom. The Morgan fingerprint density at radius 1 is 1.23 bits per heavy atom. The Bertz CT molecular complexity index is 845. The van der Waals surface area contributed by atoms with Crippen molar-refractivity contribution in [1.82, 2.24) is 5.32 Å². The largest absolute Gasteiger partial charge is 0.507 e. The molecule has 164 valence electrons. The molecular weight excluding hydrogens is 398 g/mol. The fourth-order valence-electron chi connectivity index (χ4n) is 3.64. The molecule has 1 atom stereocenters. The summed E-state index contributed by atoms with van der Waals surface area (Å²) in [5.41, 5.74) is 1.88. The van der Waals surface area contributed by atoms with E-state index in [1.54, 1.807) is 6.20 Å². The van der Waals surface area contributed by atoms with Crippen LogP contribution in [0.2, 0.25) is 0 Å². The number of ether oxygens (including phenoxy) is 2. The zero-order valence-electron chi connectivity index (χ0n) is 18.6. The second-order valence-electron chi connectivity index (χ2n) is 9.61. The third-order valence-corrected chi connectivity index (χ3v) is 6.27. The number of nitrogens with one attached hydrogen (secondary N) is 1. The van der Waals surface area contributed by atoms with Gasteiger partial charge in [-0.15, -0.1) is 0 Å². The maximum absolute atomic E-state index is 12.2. The highest BCUT2D eigenvalue weighted by Crippen LogP contribution is 2.41. The molecule has 3 rings (SSSR count). The number of carbonyl (C=O) groups excluding carboxylic acids is 1. The fraction of sp³-hybridized carbons (Fsp3) is 0.542. The van der Waals surface area contributed by atoms with Crippen molar-refractivity contribution < 1.29 is 19.4 Å². The molecule has 1 unspecified atom stereocenters. The molecule has 1 amide bonds. The summed E-state index contributed by atoms with van der Waals surface area (Å²) in [6, 6.07) is 3.94. The van der Waals surface area contributed by atoms with Gasteiger partial charge in [0.25, 0.3) is 5.91 Å². The van der Waals surface area contributed by atoms with Crippen LogP contribution in [0.3, 0.4) is 0 Å². The van der Waals surface area contributed by atoms with Crippen molar-refractivity contribution in [3.05, 3.63) is 45.3 Å². The lowest BCUT2D eigenvalue weighted by molar-refractivity contribution is -0.170. The topological polar surface area (TPSA) is 67.8 Å². The second kappa shape index (κ2) is 9.16. The van der Waals surface area contributed by atoms with Gasteiger partial charge in [-0.05, 0) is 53.9 Å². The van der Waals surface area contributed by atoms with E-state index in [4.69, 9.17) is 9.47 Å². The number of thioether (sulfide) groups is 1. The number of hydrogen-bond donors (Lipinski definition) is 2. The van der Waals surface area contributed by atoms with Crippen LogP contribution in [0.25, 0.3) is 6.08 Å². The van der Waals surface area contributed by atoms with Crippen molar-refractivity contribution >= 4 is 23.7 Å².